The molecule has 0 aliphatic rings. The summed E-state index contributed by atoms with van der Waals surface area (Å²) in [5.41, 5.74) is 5.96. The minimum absolute atomic E-state index is 0.0477. The first-order chi connectivity index (χ1) is 26.4. The molecule has 0 rings (SSSR count). The number of carbonyl (C=O) groups excluding carboxylic acids is 3. The summed E-state index contributed by atoms with van der Waals surface area (Å²) in [4.78, 5) is 36.9. The number of thioether (sulfide) groups is 1. The maximum absolute atomic E-state index is 12.1. The van der Waals surface area contributed by atoms with Crippen molar-refractivity contribution in [3.63, 3.8) is 0 Å². The van der Waals surface area contributed by atoms with Crippen LogP contribution in [0.4, 0.5) is 0 Å². The highest BCUT2D eigenvalue weighted by atomic mass is 32.2. The third-order valence-corrected chi connectivity index (χ3v) is 11.0. The molecule has 0 aromatic heterocycles. The topological polar surface area (TPSA) is 142 Å². The van der Waals surface area contributed by atoms with Crippen molar-refractivity contribution in [3.8, 4) is 0 Å². The fraction of sp³-hybridized carbons (Fsp3) is 0.932. The minimum atomic E-state index is -0.559. The van der Waals surface area contributed by atoms with Gasteiger partial charge in [-0.25, -0.2) is 0 Å². The zero-order valence-electron chi connectivity index (χ0n) is 35.6. The molecule has 0 aromatic carbocycles. The predicted molar refractivity (Wildman–Crippen MR) is 231 cm³/mol. The number of rotatable bonds is 41. The van der Waals surface area contributed by atoms with Gasteiger partial charge in [-0.2, -0.15) is 11.8 Å². The van der Waals surface area contributed by atoms with Crippen LogP contribution in [0.1, 0.15) is 194 Å². The molecule has 0 heterocycles. The molecule has 0 saturated heterocycles. The van der Waals surface area contributed by atoms with Gasteiger partial charge in [-0.3, -0.25) is 14.5 Å². The van der Waals surface area contributed by atoms with Gasteiger partial charge in [0.05, 0.1) is 32.3 Å². The summed E-state index contributed by atoms with van der Waals surface area (Å²) in [7, 11) is 0. The van der Waals surface area contributed by atoms with Crippen molar-refractivity contribution in [2.45, 2.75) is 200 Å². The molecular formula is C44H89N3O6S. The highest BCUT2D eigenvalue weighted by molar-refractivity contribution is 7.99. The zero-order valence-corrected chi connectivity index (χ0v) is 36.5. The summed E-state index contributed by atoms with van der Waals surface area (Å²) in [6.45, 7) is 9.58. The largest absolute Gasteiger partial charge is 0.466 e. The second kappa shape index (κ2) is 46.2. The van der Waals surface area contributed by atoms with Crippen molar-refractivity contribution in [3.05, 3.63) is 0 Å². The Morgan fingerprint density at radius 2 is 1.11 bits per heavy atom. The summed E-state index contributed by atoms with van der Waals surface area (Å²) >= 11 is 1.62. The predicted octanol–water partition coefficient (Wildman–Crippen LogP) is 9.39. The van der Waals surface area contributed by atoms with Gasteiger partial charge in [-0.05, 0) is 44.4 Å². The fourth-order valence-electron chi connectivity index (χ4n) is 6.36. The van der Waals surface area contributed by atoms with Crippen molar-refractivity contribution < 1.29 is 29.3 Å². The van der Waals surface area contributed by atoms with Gasteiger partial charge in [-0.15, -0.1) is 0 Å². The van der Waals surface area contributed by atoms with E-state index in [9.17, 15) is 14.4 Å². The Morgan fingerprint density at radius 3 is 1.59 bits per heavy atom. The minimum Gasteiger partial charge on any atom is -0.466 e. The van der Waals surface area contributed by atoms with E-state index >= 15 is 0 Å². The number of nitrogens with zero attached hydrogens (tertiary/aromatic N) is 1. The van der Waals surface area contributed by atoms with E-state index in [0.717, 1.165) is 37.9 Å². The Balaban J connectivity index is 0. The second-order valence-corrected chi connectivity index (χ2v) is 16.3. The molecule has 5 N–H and O–H groups in total. The smallest absolute Gasteiger partial charge is 0.306 e. The molecule has 54 heavy (non-hydrogen) atoms. The summed E-state index contributed by atoms with van der Waals surface area (Å²) in [6, 6.07) is -0.559. The Kier molecular flexibility index (Phi) is 47.0. The monoisotopic (exact) mass is 788 g/mol. The summed E-state index contributed by atoms with van der Waals surface area (Å²) in [5, 5.41) is 20.9. The average molecular weight is 788 g/mol. The molecule has 322 valence electrons. The van der Waals surface area contributed by atoms with E-state index in [2.05, 4.69) is 26.1 Å². The van der Waals surface area contributed by atoms with Crippen LogP contribution in [0.5, 0.6) is 0 Å². The lowest BCUT2D eigenvalue weighted by atomic mass is 9.95. The lowest BCUT2D eigenvalue weighted by Gasteiger charge is -2.20. The maximum Gasteiger partial charge on any atom is 0.306 e. The first-order valence-corrected chi connectivity index (χ1v) is 23.7. The lowest BCUT2D eigenvalue weighted by Crippen LogP contribution is -2.42. The molecule has 1 amide bonds. The van der Waals surface area contributed by atoms with E-state index < -0.39 is 6.04 Å². The number of nitrogens with one attached hydrogen (secondary N) is 1. The Labute approximate surface area is 337 Å². The Bertz CT molecular complexity index is 787. The summed E-state index contributed by atoms with van der Waals surface area (Å²) in [6.07, 6.45) is 33.7. The summed E-state index contributed by atoms with van der Waals surface area (Å²) in [5.74, 6) is 1.43. The van der Waals surface area contributed by atoms with Crippen LogP contribution in [-0.4, -0.2) is 96.8 Å². The quantitative estimate of drug-likeness (QED) is 0.0271. The van der Waals surface area contributed by atoms with E-state index in [4.69, 9.17) is 20.7 Å². The molecule has 0 saturated carbocycles. The zero-order chi connectivity index (χ0) is 40.2. The van der Waals surface area contributed by atoms with E-state index in [1.807, 2.05) is 4.90 Å². The number of aliphatic hydroxyl groups excluding tert-OH is 2. The number of hydrogen-bond acceptors (Lipinski definition) is 9. The van der Waals surface area contributed by atoms with Crippen LogP contribution in [0.15, 0.2) is 0 Å². The Morgan fingerprint density at radius 1 is 0.648 bits per heavy atom. The van der Waals surface area contributed by atoms with Crippen LogP contribution >= 0.6 is 11.8 Å². The molecule has 2 atom stereocenters. The third kappa shape index (κ3) is 42.0. The van der Waals surface area contributed by atoms with Crippen molar-refractivity contribution in [2.75, 3.05) is 57.5 Å². The number of hydrogen-bond donors (Lipinski definition) is 4. The van der Waals surface area contributed by atoms with Crippen molar-refractivity contribution >= 4 is 29.9 Å². The molecule has 0 bridgehead atoms. The molecular weight excluding hydrogens is 699 g/mol. The van der Waals surface area contributed by atoms with E-state index in [1.165, 1.54) is 135 Å². The number of amides is 1. The first kappa shape index (κ1) is 54.9. The normalized spacial score (nSPS) is 12.3. The molecule has 0 spiro atoms. The first-order valence-electron chi connectivity index (χ1n) is 22.6. The standard InChI is InChI=1S/C28H57N3O5S.C16H32O/c1-2-3-4-5-6-7-8-9-10-11-12-13-23-36-27(34)16-25-37-24-15-26(29)28(35)30-17-14-18-31(19-21-32)20-22-33;1-3-5-7-9-10-12-14-16(15-17)13-11-8-6-4-2/h26,32-33H,2-25,29H2,1H3,(H,30,35);15-16H,3-14H2,1-2H3. The lowest BCUT2D eigenvalue weighted by molar-refractivity contribution is -0.143. The fourth-order valence-corrected chi connectivity index (χ4v) is 7.30. The van der Waals surface area contributed by atoms with Gasteiger partial charge in [0.1, 0.15) is 6.29 Å². The van der Waals surface area contributed by atoms with Gasteiger partial charge in [0.25, 0.3) is 0 Å². The van der Waals surface area contributed by atoms with E-state index in [1.54, 1.807) is 11.8 Å². The van der Waals surface area contributed by atoms with E-state index in [0.29, 0.717) is 57.3 Å². The number of aldehydes is 1. The van der Waals surface area contributed by atoms with Crippen LogP contribution < -0.4 is 11.1 Å². The number of ether oxygens (including phenoxy) is 1. The van der Waals surface area contributed by atoms with Crippen LogP contribution in [-0.2, 0) is 19.1 Å². The number of unbranched alkanes of at least 4 members (excludes halogenated alkanes) is 19. The molecule has 0 aliphatic heterocycles. The second-order valence-electron chi connectivity index (χ2n) is 15.1. The highest BCUT2D eigenvalue weighted by Crippen LogP contribution is 2.17. The van der Waals surface area contributed by atoms with Crippen LogP contribution in [0.2, 0.25) is 0 Å². The molecule has 0 aromatic rings. The number of carbonyl (C=O) groups is 3. The van der Waals surface area contributed by atoms with Gasteiger partial charge in [0, 0.05) is 31.3 Å². The van der Waals surface area contributed by atoms with Crippen molar-refractivity contribution in [1.82, 2.24) is 10.2 Å². The highest BCUT2D eigenvalue weighted by Gasteiger charge is 2.13. The molecule has 0 aliphatic carbocycles. The van der Waals surface area contributed by atoms with Gasteiger partial charge >= 0.3 is 5.97 Å². The molecule has 0 radical (unpaired) electrons. The van der Waals surface area contributed by atoms with Gasteiger partial charge in [0.15, 0.2) is 0 Å². The number of aliphatic hydroxyl groups is 2. The van der Waals surface area contributed by atoms with Crippen LogP contribution in [0.3, 0.4) is 0 Å². The molecule has 9 nitrogen and oxygen atoms in total. The van der Waals surface area contributed by atoms with Gasteiger partial charge in [0.2, 0.25) is 5.91 Å². The molecule has 10 heteroatoms. The van der Waals surface area contributed by atoms with Crippen molar-refractivity contribution in [2.24, 2.45) is 11.7 Å². The van der Waals surface area contributed by atoms with Crippen molar-refractivity contribution in [1.29, 1.82) is 0 Å². The number of esters is 1. The average Bonchev–Trinajstić information content (AvgIpc) is 3.17. The molecule has 0 fully saturated rings. The number of nitrogens with two attached hydrogens (primary N) is 1. The summed E-state index contributed by atoms with van der Waals surface area (Å²) < 4.78 is 5.33. The maximum atomic E-state index is 12.1. The van der Waals surface area contributed by atoms with E-state index in [-0.39, 0.29) is 25.1 Å². The van der Waals surface area contributed by atoms with Gasteiger partial charge in [-0.1, -0.05) is 156 Å². The van der Waals surface area contributed by atoms with Crippen LogP contribution in [0.25, 0.3) is 0 Å². The van der Waals surface area contributed by atoms with Crippen LogP contribution in [0, 0.1) is 5.92 Å². The Hall–Kier alpha value is -1.20. The SMILES string of the molecule is CCCCCCCCC(C=O)CCCCCC.CCCCCCCCCCCCCCOC(=O)CCSCCC(N)C(=O)NCCCN(CCO)CCO. The van der Waals surface area contributed by atoms with Gasteiger partial charge < -0.3 is 30.8 Å². The third-order valence-electron chi connectivity index (χ3n) is 9.95. The molecule has 2 unspecified atom stereocenters.